The molecular formula is C20H21F3N2O4. The highest BCUT2D eigenvalue weighted by Gasteiger charge is 2.36. The molecule has 1 amide bonds. The van der Waals surface area contributed by atoms with Crippen LogP contribution in [0.1, 0.15) is 12.5 Å². The first-order valence-electron chi connectivity index (χ1n) is 8.62. The van der Waals surface area contributed by atoms with Crippen molar-refractivity contribution in [2.24, 2.45) is 0 Å². The number of methoxy groups -OCH3 is 1. The Balaban J connectivity index is 1.95. The van der Waals surface area contributed by atoms with E-state index in [0.717, 1.165) is 24.3 Å². The van der Waals surface area contributed by atoms with Crippen LogP contribution in [0.25, 0.3) is 0 Å². The number of amides is 1. The summed E-state index contributed by atoms with van der Waals surface area (Å²) in [6.07, 6.45) is -4.45. The molecular weight excluding hydrogens is 389 g/mol. The fraction of sp³-hybridized carbons (Fsp3) is 0.300. The second-order valence-electron chi connectivity index (χ2n) is 6.40. The lowest BCUT2D eigenvalue weighted by molar-refractivity contribution is -0.149. The maximum Gasteiger partial charge on any atom is 0.416 e. The molecule has 9 heteroatoms. The zero-order chi connectivity index (χ0) is 21.5. The van der Waals surface area contributed by atoms with Crippen molar-refractivity contribution in [1.29, 1.82) is 0 Å². The van der Waals surface area contributed by atoms with Crippen LogP contribution in [0.15, 0.2) is 54.6 Å². The number of hydrogen-bond donors (Lipinski definition) is 2. The number of rotatable bonds is 8. The first-order valence-corrected chi connectivity index (χ1v) is 8.62. The van der Waals surface area contributed by atoms with Crippen LogP contribution in [0, 0.1) is 0 Å². The van der Waals surface area contributed by atoms with Crippen LogP contribution in [-0.2, 0) is 20.5 Å². The van der Waals surface area contributed by atoms with Gasteiger partial charge in [0.2, 0.25) is 5.91 Å². The molecule has 0 spiro atoms. The van der Waals surface area contributed by atoms with Crippen LogP contribution in [0.5, 0.6) is 5.75 Å². The summed E-state index contributed by atoms with van der Waals surface area (Å²) >= 11 is 0. The number of halogens is 3. The average molecular weight is 410 g/mol. The molecule has 29 heavy (non-hydrogen) atoms. The molecule has 0 bridgehead atoms. The van der Waals surface area contributed by atoms with E-state index in [9.17, 15) is 22.8 Å². The standard InChI is InChI=1S/C20H21F3N2O4/c1-19(18(27)28-2,13-29-16-6-4-3-5-7-16)24-12-17(26)25-15-10-8-14(9-11-15)20(21,22)23/h3-11,24H,12-13H2,1-2H3,(H,25,26). The monoisotopic (exact) mass is 410 g/mol. The third-order valence-electron chi connectivity index (χ3n) is 4.04. The minimum Gasteiger partial charge on any atom is -0.491 e. The molecule has 0 aromatic heterocycles. The minimum atomic E-state index is -4.45. The first-order chi connectivity index (χ1) is 13.6. The SMILES string of the molecule is COC(=O)C(C)(COc1ccccc1)NCC(=O)Nc1ccc(C(F)(F)F)cc1. The van der Waals surface area contributed by atoms with E-state index in [2.05, 4.69) is 10.6 Å². The molecule has 0 aliphatic rings. The van der Waals surface area contributed by atoms with E-state index in [1.165, 1.54) is 14.0 Å². The fourth-order valence-electron chi connectivity index (χ4n) is 2.37. The topological polar surface area (TPSA) is 76.7 Å². The predicted octanol–water partition coefficient (Wildman–Crippen LogP) is 3.24. The van der Waals surface area contributed by atoms with Crippen LogP contribution in [-0.4, -0.2) is 37.7 Å². The lowest BCUT2D eigenvalue weighted by atomic mass is 10.0. The summed E-state index contributed by atoms with van der Waals surface area (Å²) in [5.41, 5.74) is -1.93. The summed E-state index contributed by atoms with van der Waals surface area (Å²) in [5, 5.41) is 5.24. The van der Waals surface area contributed by atoms with Crippen LogP contribution in [0.4, 0.5) is 18.9 Å². The Kier molecular flexibility index (Phi) is 7.22. The number of alkyl halides is 3. The molecule has 6 nitrogen and oxygen atoms in total. The van der Waals surface area contributed by atoms with Gasteiger partial charge in [0.15, 0.2) is 0 Å². The van der Waals surface area contributed by atoms with Gasteiger partial charge in [-0.1, -0.05) is 18.2 Å². The van der Waals surface area contributed by atoms with Gasteiger partial charge in [-0.25, -0.2) is 4.79 Å². The van der Waals surface area contributed by atoms with Crippen molar-refractivity contribution in [1.82, 2.24) is 5.32 Å². The number of carbonyl (C=O) groups is 2. The van der Waals surface area contributed by atoms with Gasteiger partial charge >= 0.3 is 12.1 Å². The van der Waals surface area contributed by atoms with Crippen LogP contribution >= 0.6 is 0 Å². The normalized spacial score (nSPS) is 13.3. The summed E-state index contributed by atoms with van der Waals surface area (Å²) in [6.45, 7) is 1.13. The smallest absolute Gasteiger partial charge is 0.416 e. The van der Waals surface area contributed by atoms with Crippen molar-refractivity contribution in [3.8, 4) is 5.75 Å². The van der Waals surface area contributed by atoms with Crippen molar-refractivity contribution < 1.29 is 32.2 Å². The van der Waals surface area contributed by atoms with Gasteiger partial charge in [-0.3, -0.25) is 10.1 Å². The van der Waals surface area contributed by atoms with E-state index < -0.39 is 29.2 Å². The summed E-state index contributed by atoms with van der Waals surface area (Å²) in [4.78, 5) is 24.3. The zero-order valence-corrected chi connectivity index (χ0v) is 15.9. The molecule has 0 fully saturated rings. The summed E-state index contributed by atoms with van der Waals surface area (Å²) in [7, 11) is 1.22. The Labute approximate surface area is 166 Å². The molecule has 2 aromatic carbocycles. The van der Waals surface area contributed by atoms with Crippen LogP contribution < -0.4 is 15.4 Å². The lowest BCUT2D eigenvalue weighted by Crippen LogP contribution is -2.56. The first kappa shape index (κ1) is 22.2. The van der Waals surface area contributed by atoms with Crippen molar-refractivity contribution in [2.75, 3.05) is 25.6 Å². The molecule has 0 radical (unpaired) electrons. The third-order valence-corrected chi connectivity index (χ3v) is 4.04. The van der Waals surface area contributed by atoms with Gasteiger partial charge in [0.05, 0.1) is 19.2 Å². The Morgan fingerprint density at radius 1 is 1.00 bits per heavy atom. The molecule has 0 saturated carbocycles. The zero-order valence-electron chi connectivity index (χ0n) is 15.9. The van der Waals surface area contributed by atoms with Crippen molar-refractivity contribution in [3.05, 3.63) is 60.2 Å². The second kappa shape index (κ2) is 9.42. The molecule has 2 aromatic rings. The maximum atomic E-state index is 12.6. The number of anilines is 1. The molecule has 2 rings (SSSR count). The second-order valence-corrected chi connectivity index (χ2v) is 6.40. The molecule has 1 unspecified atom stereocenters. The van der Waals surface area contributed by atoms with Gasteiger partial charge in [-0.05, 0) is 43.3 Å². The molecule has 0 saturated heterocycles. The Hall–Kier alpha value is -3.07. The largest absolute Gasteiger partial charge is 0.491 e. The van der Waals surface area contributed by atoms with Crippen LogP contribution in [0.3, 0.4) is 0 Å². The highest BCUT2D eigenvalue weighted by molar-refractivity contribution is 5.93. The van der Waals surface area contributed by atoms with E-state index in [0.29, 0.717) is 5.75 Å². The third kappa shape index (κ3) is 6.49. The fourth-order valence-corrected chi connectivity index (χ4v) is 2.37. The van der Waals surface area contributed by atoms with E-state index in [4.69, 9.17) is 9.47 Å². The highest BCUT2D eigenvalue weighted by atomic mass is 19.4. The Bertz CT molecular complexity index is 826. The van der Waals surface area contributed by atoms with Crippen LogP contribution in [0.2, 0.25) is 0 Å². The molecule has 0 heterocycles. The number of benzene rings is 2. The summed E-state index contributed by atoms with van der Waals surface area (Å²) in [5.74, 6) is -0.631. The number of carbonyl (C=O) groups excluding carboxylic acids is 2. The van der Waals surface area contributed by atoms with Gasteiger partial charge in [-0.2, -0.15) is 13.2 Å². The molecule has 0 aliphatic carbocycles. The molecule has 2 N–H and O–H groups in total. The van der Waals surface area contributed by atoms with Crippen molar-refractivity contribution >= 4 is 17.6 Å². The highest BCUT2D eigenvalue weighted by Crippen LogP contribution is 2.29. The molecule has 1 atom stereocenters. The van der Waals surface area contributed by atoms with Crippen molar-refractivity contribution in [3.63, 3.8) is 0 Å². The van der Waals surface area contributed by atoms with Crippen molar-refractivity contribution in [2.45, 2.75) is 18.6 Å². The Morgan fingerprint density at radius 3 is 2.17 bits per heavy atom. The molecule has 156 valence electrons. The Morgan fingerprint density at radius 2 is 1.62 bits per heavy atom. The number of nitrogens with one attached hydrogen (secondary N) is 2. The van der Waals surface area contributed by atoms with Gasteiger partial charge in [-0.15, -0.1) is 0 Å². The summed E-state index contributed by atoms with van der Waals surface area (Å²) < 4.78 is 48.1. The van der Waals surface area contributed by atoms with Gasteiger partial charge in [0, 0.05) is 5.69 Å². The quantitative estimate of drug-likeness (QED) is 0.654. The van der Waals surface area contributed by atoms with E-state index in [1.54, 1.807) is 24.3 Å². The van der Waals surface area contributed by atoms with Gasteiger partial charge in [0.25, 0.3) is 0 Å². The predicted molar refractivity (Wildman–Crippen MR) is 100 cm³/mol. The number of esters is 1. The average Bonchev–Trinajstić information content (AvgIpc) is 2.70. The van der Waals surface area contributed by atoms with Gasteiger partial charge in [0.1, 0.15) is 17.9 Å². The number of hydrogen-bond acceptors (Lipinski definition) is 5. The number of para-hydroxylation sites is 1. The summed E-state index contributed by atoms with van der Waals surface area (Å²) in [6, 6.07) is 12.8. The maximum absolute atomic E-state index is 12.6. The lowest BCUT2D eigenvalue weighted by Gasteiger charge is -2.27. The van der Waals surface area contributed by atoms with Gasteiger partial charge < -0.3 is 14.8 Å². The minimum absolute atomic E-state index is 0.1000. The molecule has 0 aliphatic heterocycles. The number of ether oxygens (including phenoxy) is 2. The van der Waals surface area contributed by atoms with E-state index in [-0.39, 0.29) is 18.8 Å². The van der Waals surface area contributed by atoms with E-state index in [1.807, 2.05) is 6.07 Å². The van der Waals surface area contributed by atoms with E-state index >= 15 is 0 Å².